The number of thiophene rings is 1. The van der Waals surface area contributed by atoms with E-state index in [4.69, 9.17) is 16.7 Å². The molecule has 5 heteroatoms. The Bertz CT molecular complexity index is 559. The molecule has 15 heavy (non-hydrogen) atoms. The normalized spacial score (nSPS) is 10.8. The fourth-order valence-electron chi connectivity index (χ4n) is 1.43. The van der Waals surface area contributed by atoms with Gasteiger partial charge in [-0.25, -0.2) is 4.79 Å². The van der Waals surface area contributed by atoms with Gasteiger partial charge in [0.15, 0.2) is 0 Å². The summed E-state index contributed by atoms with van der Waals surface area (Å²) in [6.45, 7) is 1.72. The monoisotopic (exact) mass is 242 g/mol. The number of phenols is 1. The lowest BCUT2D eigenvalue weighted by Gasteiger charge is -1.96. The first-order valence-corrected chi connectivity index (χ1v) is 5.35. The van der Waals surface area contributed by atoms with Crippen LogP contribution in [0.1, 0.15) is 15.2 Å². The predicted octanol–water partition coefficient (Wildman–Crippen LogP) is 3.27. The molecule has 0 bridgehead atoms. The topological polar surface area (TPSA) is 57.5 Å². The second-order valence-electron chi connectivity index (χ2n) is 3.16. The van der Waals surface area contributed by atoms with Gasteiger partial charge in [-0.05, 0) is 24.6 Å². The molecule has 0 aliphatic carbocycles. The maximum Gasteiger partial charge on any atom is 0.346 e. The van der Waals surface area contributed by atoms with Crippen LogP contribution in [0.3, 0.4) is 0 Å². The number of phenolic OH excluding ortho intramolecular Hbond substituents is 1. The Morgan fingerprint density at radius 2 is 2.13 bits per heavy atom. The van der Waals surface area contributed by atoms with Crippen molar-refractivity contribution in [3.63, 3.8) is 0 Å². The maximum atomic E-state index is 10.9. The van der Waals surface area contributed by atoms with Crippen molar-refractivity contribution in [3.8, 4) is 5.75 Å². The first-order chi connectivity index (χ1) is 7.00. The van der Waals surface area contributed by atoms with E-state index in [-0.39, 0.29) is 15.6 Å². The number of halogens is 1. The third kappa shape index (κ3) is 1.56. The summed E-state index contributed by atoms with van der Waals surface area (Å²) >= 11 is 6.90. The molecule has 2 rings (SSSR count). The number of carbonyl (C=O) groups is 1. The molecule has 0 aliphatic rings. The molecule has 1 aromatic carbocycles. The van der Waals surface area contributed by atoms with E-state index in [0.29, 0.717) is 5.56 Å². The zero-order chi connectivity index (χ0) is 11.2. The van der Waals surface area contributed by atoms with E-state index in [1.165, 1.54) is 6.07 Å². The molecular weight excluding hydrogens is 236 g/mol. The summed E-state index contributed by atoms with van der Waals surface area (Å²) in [5.74, 6) is -0.980. The van der Waals surface area contributed by atoms with Crippen molar-refractivity contribution in [3.05, 3.63) is 27.6 Å². The van der Waals surface area contributed by atoms with Gasteiger partial charge in [0, 0.05) is 10.1 Å². The van der Waals surface area contributed by atoms with Crippen LogP contribution in [-0.2, 0) is 0 Å². The van der Waals surface area contributed by atoms with Crippen LogP contribution in [0.15, 0.2) is 12.1 Å². The van der Waals surface area contributed by atoms with Gasteiger partial charge in [0.25, 0.3) is 0 Å². The molecule has 0 aliphatic heterocycles. The Morgan fingerprint density at radius 1 is 1.47 bits per heavy atom. The molecule has 0 amide bonds. The number of carboxylic acids is 1. The van der Waals surface area contributed by atoms with Gasteiger partial charge in [-0.1, -0.05) is 11.6 Å². The highest BCUT2D eigenvalue weighted by atomic mass is 35.5. The smallest absolute Gasteiger partial charge is 0.346 e. The lowest BCUT2D eigenvalue weighted by molar-refractivity contribution is 0.0701. The standard InChI is InChI=1S/C10H7ClO3S/c1-4-5-2-7(12)6(11)3-8(5)15-9(4)10(13)14/h2-3,12H,1H3,(H,13,14). The van der Waals surface area contributed by atoms with Crippen molar-refractivity contribution in [1.82, 2.24) is 0 Å². The Kier molecular flexibility index (Phi) is 2.32. The van der Waals surface area contributed by atoms with Gasteiger partial charge in [-0.3, -0.25) is 0 Å². The summed E-state index contributed by atoms with van der Waals surface area (Å²) in [6, 6.07) is 3.08. The molecule has 0 atom stereocenters. The van der Waals surface area contributed by atoms with E-state index in [1.54, 1.807) is 13.0 Å². The number of hydrogen-bond acceptors (Lipinski definition) is 3. The maximum absolute atomic E-state index is 10.9. The Labute approximate surface area is 94.5 Å². The summed E-state index contributed by atoms with van der Waals surface area (Å²) in [5.41, 5.74) is 0.662. The number of aryl methyl sites for hydroxylation is 1. The zero-order valence-corrected chi connectivity index (χ0v) is 9.32. The number of aromatic carboxylic acids is 1. The van der Waals surface area contributed by atoms with Crippen molar-refractivity contribution < 1.29 is 15.0 Å². The predicted molar refractivity (Wildman–Crippen MR) is 60.2 cm³/mol. The number of hydrogen-bond donors (Lipinski definition) is 2. The summed E-state index contributed by atoms with van der Waals surface area (Å²) < 4.78 is 0.771. The highest BCUT2D eigenvalue weighted by Crippen LogP contribution is 2.36. The van der Waals surface area contributed by atoms with Gasteiger partial charge in [-0.15, -0.1) is 11.3 Å². The van der Waals surface area contributed by atoms with Crippen LogP contribution in [0.2, 0.25) is 5.02 Å². The molecular formula is C10H7ClO3S. The highest BCUT2D eigenvalue weighted by molar-refractivity contribution is 7.21. The van der Waals surface area contributed by atoms with Gasteiger partial charge in [-0.2, -0.15) is 0 Å². The highest BCUT2D eigenvalue weighted by Gasteiger charge is 2.15. The molecule has 0 spiro atoms. The van der Waals surface area contributed by atoms with Gasteiger partial charge < -0.3 is 10.2 Å². The molecule has 1 heterocycles. The Morgan fingerprint density at radius 3 is 2.73 bits per heavy atom. The molecule has 2 N–H and O–H groups in total. The lowest BCUT2D eigenvalue weighted by Crippen LogP contribution is -1.93. The minimum absolute atomic E-state index is 0.0259. The number of carboxylic acid groups (broad SMARTS) is 1. The van der Waals surface area contributed by atoms with E-state index in [1.807, 2.05) is 0 Å². The van der Waals surface area contributed by atoms with Crippen molar-refractivity contribution in [2.45, 2.75) is 6.92 Å². The van der Waals surface area contributed by atoms with E-state index in [0.717, 1.165) is 21.4 Å². The lowest BCUT2D eigenvalue weighted by atomic mass is 10.1. The van der Waals surface area contributed by atoms with Crippen molar-refractivity contribution >= 4 is 39.0 Å². The van der Waals surface area contributed by atoms with Gasteiger partial charge >= 0.3 is 5.97 Å². The van der Waals surface area contributed by atoms with Crippen LogP contribution < -0.4 is 0 Å². The minimum atomic E-state index is -0.954. The van der Waals surface area contributed by atoms with E-state index >= 15 is 0 Å². The number of rotatable bonds is 1. The first kappa shape index (κ1) is 10.3. The number of aromatic hydroxyl groups is 1. The molecule has 2 aromatic rings. The van der Waals surface area contributed by atoms with Crippen LogP contribution in [0, 0.1) is 6.92 Å². The molecule has 78 valence electrons. The largest absolute Gasteiger partial charge is 0.506 e. The third-order valence-electron chi connectivity index (χ3n) is 2.20. The van der Waals surface area contributed by atoms with Crippen LogP contribution in [0.4, 0.5) is 0 Å². The molecule has 0 unspecified atom stereocenters. The zero-order valence-electron chi connectivity index (χ0n) is 7.74. The molecule has 3 nitrogen and oxygen atoms in total. The fraction of sp³-hybridized carbons (Fsp3) is 0.100. The van der Waals surface area contributed by atoms with Crippen LogP contribution in [-0.4, -0.2) is 16.2 Å². The minimum Gasteiger partial charge on any atom is -0.506 e. The SMILES string of the molecule is Cc1c(C(=O)O)sc2cc(Cl)c(O)cc12. The van der Waals surface area contributed by atoms with Crippen LogP contribution in [0.25, 0.3) is 10.1 Å². The van der Waals surface area contributed by atoms with Crippen LogP contribution in [0.5, 0.6) is 5.75 Å². The summed E-state index contributed by atoms with van der Waals surface area (Å²) in [5, 5.41) is 19.3. The molecule has 1 aromatic heterocycles. The summed E-state index contributed by atoms with van der Waals surface area (Å²) in [4.78, 5) is 11.2. The summed E-state index contributed by atoms with van der Waals surface area (Å²) in [6.07, 6.45) is 0. The number of benzene rings is 1. The van der Waals surface area contributed by atoms with Gasteiger partial charge in [0.05, 0.1) is 5.02 Å². The van der Waals surface area contributed by atoms with Crippen LogP contribution >= 0.6 is 22.9 Å². The van der Waals surface area contributed by atoms with Crippen molar-refractivity contribution in [2.24, 2.45) is 0 Å². The average molecular weight is 243 g/mol. The fourth-order valence-corrected chi connectivity index (χ4v) is 2.73. The number of fused-ring (bicyclic) bond motifs is 1. The molecule has 0 fully saturated rings. The average Bonchev–Trinajstić information content (AvgIpc) is 2.46. The Balaban J connectivity index is 2.83. The Hall–Kier alpha value is -1.26. The van der Waals surface area contributed by atoms with E-state index in [2.05, 4.69) is 0 Å². The van der Waals surface area contributed by atoms with E-state index in [9.17, 15) is 9.90 Å². The molecule has 0 saturated carbocycles. The second kappa shape index (κ2) is 3.40. The first-order valence-electron chi connectivity index (χ1n) is 4.15. The second-order valence-corrected chi connectivity index (χ2v) is 4.62. The van der Waals surface area contributed by atoms with Gasteiger partial charge in [0.2, 0.25) is 0 Å². The van der Waals surface area contributed by atoms with Crippen molar-refractivity contribution in [1.29, 1.82) is 0 Å². The third-order valence-corrected chi connectivity index (χ3v) is 3.75. The quantitative estimate of drug-likeness (QED) is 0.807. The molecule has 0 saturated heterocycles. The summed E-state index contributed by atoms with van der Waals surface area (Å²) in [7, 11) is 0. The molecule has 0 radical (unpaired) electrons. The van der Waals surface area contributed by atoms with Crippen molar-refractivity contribution in [2.75, 3.05) is 0 Å². The van der Waals surface area contributed by atoms with E-state index < -0.39 is 5.97 Å². The van der Waals surface area contributed by atoms with Gasteiger partial charge in [0.1, 0.15) is 10.6 Å².